The number of benzene rings is 1. The molecule has 0 saturated carbocycles. The van der Waals surface area contributed by atoms with Crippen LogP contribution in [0.3, 0.4) is 0 Å². The molecule has 1 aromatic rings. The SMILES string of the molecule is CCCNc1ccc(C(F)(F)F)cc1C(=O)N(C)C(C)C. The van der Waals surface area contributed by atoms with Gasteiger partial charge in [-0.25, -0.2) is 0 Å². The van der Waals surface area contributed by atoms with Crippen molar-refractivity contribution in [2.24, 2.45) is 0 Å². The Kier molecular flexibility index (Phi) is 5.63. The number of halogens is 3. The van der Waals surface area contributed by atoms with Crippen molar-refractivity contribution in [3.05, 3.63) is 29.3 Å². The predicted molar refractivity (Wildman–Crippen MR) is 77.5 cm³/mol. The van der Waals surface area contributed by atoms with Gasteiger partial charge in [-0.15, -0.1) is 0 Å². The van der Waals surface area contributed by atoms with Crippen molar-refractivity contribution in [1.29, 1.82) is 0 Å². The van der Waals surface area contributed by atoms with E-state index in [2.05, 4.69) is 5.32 Å². The molecule has 3 nitrogen and oxygen atoms in total. The molecule has 0 spiro atoms. The minimum absolute atomic E-state index is 0.0504. The van der Waals surface area contributed by atoms with Gasteiger partial charge in [-0.3, -0.25) is 4.79 Å². The van der Waals surface area contributed by atoms with E-state index in [0.29, 0.717) is 12.2 Å². The van der Waals surface area contributed by atoms with Crippen LogP contribution in [0.2, 0.25) is 0 Å². The second kappa shape index (κ2) is 6.83. The van der Waals surface area contributed by atoms with E-state index in [1.54, 1.807) is 7.05 Å². The number of hydrogen-bond donors (Lipinski definition) is 1. The van der Waals surface area contributed by atoms with Gasteiger partial charge in [-0.05, 0) is 38.5 Å². The maximum atomic E-state index is 12.8. The summed E-state index contributed by atoms with van der Waals surface area (Å²) in [5.74, 6) is -0.422. The fourth-order valence-corrected chi connectivity index (χ4v) is 1.74. The highest BCUT2D eigenvalue weighted by Crippen LogP contribution is 2.32. The molecule has 1 rings (SSSR count). The molecule has 118 valence electrons. The van der Waals surface area contributed by atoms with Crippen LogP contribution in [-0.2, 0) is 6.18 Å². The zero-order valence-electron chi connectivity index (χ0n) is 12.7. The van der Waals surface area contributed by atoms with E-state index in [-0.39, 0.29) is 11.6 Å². The van der Waals surface area contributed by atoms with Gasteiger partial charge in [0.1, 0.15) is 0 Å². The number of carbonyl (C=O) groups is 1. The fraction of sp³-hybridized carbons (Fsp3) is 0.533. The summed E-state index contributed by atoms with van der Waals surface area (Å²) in [5.41, 5.74) is -0.332. The number of alkyl halides is 3. The normalized spacial score (nSPS) is 11.6. The summed E-state index contributed by atoms with van der Waals surface area (Å²) in [5, 5.41) is 3.00. The van der Waals surface area contributed by atoms with Crippen molar-refractivity contribution in [2.45, 2.75) is 39.4 Å². The highest BCUT2D eigenvalue weighted by Gasteiger charge is 2.32. The van der Waals surface area contributed by atoms with Gasteiger partial charge >= 0.3 is 6.18 Å². The minimum Gasteiger partial charge on any atom is -0.384 e. The van der Waals surface area contributed by atoms with Crippen LogP contribution in [0.1, 0.15) is 43.1 Å². The summed E-state index contributed by atoms with van der Waals surface area (Å²) >= 11 is 0. The first-order valence-electron chi connectivity index (χ1n) is 6.90. The number of rotatable bonds is 5. The van der Waals surface area contributed by atoms with Crippen LogP contribution in [0, 0.1) is 0 Å². The number of nitrogens with one attached hydrogen (secondary N) is 1. The largest absolute Gasteiger partial charge is 0.416 e. The van der Waals surface area contributed by atoms with Crippen LogP contribution in [0.5, 0.6) is 0 Å². The van der Waals surface area contributed by atoms with E-state index in [1.165, 1.54) is 11.0 Å². The Morgan fingerprint density at radius 3 is 2.43 bits per heavy atom. The quantitative estimate of drug-likeness (QED) is 0.891. The molecule has 0 aromatic heterocycles. The molecule has 1 amide bonds. The van der Waals surface area contributed by atoms with Gasteiger partial charge in [-0.1, -0.05) is 6.92 Å². The summed E-state index contributed by atoms with van der Waals surface area (Å²) < 4.78 is 38.5. The van der Waals surface area contributed by atoms with Crippen molar-refractivity contribution >= 4 is 11.6 Å². The third kappa shape index (κ3) is 4.37. The van der Waals surface area contributed by atoms with Gasteiger partial charge in [0.25, 0.3) is 5.91 Å². The second-order valence-corrected chi connectivity index (χ2v) is 5.19. The number of carbonyl (C=O) groups excluding carboxylic acids is 1. The third-order valence-electron chi connectivity index (χ3n) is 3.24. The highest BCUT2D eigenvalue weighted by atomic mass is 19.4. The van der Waals surface area contributed by atoms with Crippen LogP contribution in [-0.4, -0.2) is 30.4 Å². The van der Waals surface area contributed by atoms with Gasteiger partial charge in [0, 0.05) is 25.3 Å². The number of amides is 1. The summed E-state index contributed by atoms with van der Waals surface area (Å²) in [7, 11) is 1.58. The average Bonchev–Trinajstić information content (AvgIpc) is 2.42. The Morgan fingerprint density at radius 2 is 1.95 bits per heavy atom. The number of hydrogen-bond acceptors (Lipinski definition) is 2. The van der Waals surface area contributed by atoms with Crippen LogP contribution in [0.4, 0.5) is 18.9 Å². The molecule has 0 saturated heterocycles. The summed E-state index contributed by atoms with van der Waals surface area (Å²) in [4.78, 5) is 13.8. The smallest absolute Gasteiger partial charge is 0.384 e. The van der Waals surface area contributed by atoms with Gasteiger partial charge in [-0.2, -0.15) is 13.2 Å². The van der Waals surface area contributed by atoms with Gasteiger partial charge < -0.3 is 10.2 Å². The van der Waals surface area contributed by atoms with E-state index < -0.39 is 17.6 Å². The Labute approximate surface area is 123 Å². The maximum absolute atomic E-state index is 12.8. The molecule has 0 fully saturated rings. The van der Waals surface area contributed by atoms with E-state index in [9.17, 15) is 18.0 Å². The van der Waals surface area contributed by atoms with Gasteiger partial charge in [0.2, 0.25) is 0 Å². The Hall–Kier alpha value is -1.72. The molecule has 0 heterocycles. The van der Waals surface area contributed by atoms with Crippen LogP contribution >= 0.6 is 0 Å². The summed E-state index contributed by atoms with van der Waals surface area (Å²) in [6.45, 7) is 6.16. The standard InChI is InChI=1S/C15H21F3N2O/c1-5-8-19-13-7-6-11(15(16,17)18)9-12(13)14(21)20(4)10(2)3/h6-7,9-10,19H,5,8H2,1-4H3. The third-order valence-corrected chi connectivity index (χ3v) is 3.24. The summed E-state index contributed by atoms with van der Waals surface area (Å²) in [6.07, 6.45) is -3.65. The number of anilines is 1. The molecule has 6 heteroatoms. The first kappa shape index (κ1) is 17.3. The van der Waals surface area contributed by atoms with E-state index in [0.717, 1.165) is 18.6 Å². The molecule has 0 atom stereocenters. The second-order valence-electron chi connectivity index (χ2n) is 5.19. The van der Waals surface area contributed by atoms with Gasteiger partial charge in [0.15, 0.2) is 0 Å². The van der Waals surface area contributed by atoms with E-state index in [1.807, 2.05) is 20.8 Å². The average molecular weight is 302 g/mol. The van der Waals surface area contributed by atoms with Crippen molar-refractivity contribution in [1.82, 2.24) is 4.90 Å². The van der Waals surface area contributed by atoms with Crippen LogP contribution < -0.4 is 5.32 Å². The van der Waals surface area contributed by atoms with E-state index >= 15 is 0 Å². The molecular formula is C15H21F3N2O. The zero-order chi connectivity index (χ0) is 16.2. The molecule has 1 aromatic carbocycles. The van der Waals surface area contributed by atoms with Crippen LogP contribution in [0.25, 0.3) is 0 Å². The molecule has 0 radical (unpaired) electrons. The lowest BCUT2D eigenvalue weighted by Crippen LogP contribution is -2.33. The Morgan fingerprint density at radius 1 is 1.33 bits per heavy atom. The Bertz CT molecular complexity index is 498. The molecular weight excluding hydrogens is 281 g/mol. The lowest BCUT2D eigenvalue weighted by Gasteiger charge is -2.23. The van der Waals surface area contributed by atoms with Crippen LogP contribution in [0.15, 0.2) is 18.2 Å². The van der Waals surface area contributed by atoms with Crippen molar-refractivity contribution in [2.75, 3.05) is 18.9 Å². The molecule has 0 aliphatic carbocycles. The first-order valence-corrected chi connectivity index (χ1v) is 6.90. The lowest BCUT2D eigenvalue weighted by atomic mass is 10.1. The van der Waals surface area contributed by atoms with E-state index in [4.69, 9.17) is 0 Å². The predicted octanol–water partition coefficient (Wildman–Crippen LogP) is 4.01. The summed E-state index contributed by atoms with van der Waals surface area (Å²) in [6, 6.07) is 3.13. The molecule has 1 N–H and O–H groups in total. The first-order chi connectivity index (χ1) is 9.68. The molecule has 0 aliphatic rings. The molecule has 21 heavy (non-hydrogen) atoms. The molecule has 0 aliphatic heterocycles. The molecule has 0 unspecified atom stereocenters. The fourth-order valence-electron chi connectivity index (χ4n) is 1.74. The Balaban J connectivity index is 3.25. The van der Waals surface area contributed by atoms with Gasteiger partial charge in [0.05, 0.1) is 11.1 Å². The lowest BCUT2D eigenvalue weighted by molar-refractivity contribution is -0.137. The van der Waals surface area contributed by atoms with Crippen molar-refractivity contribution in [3.63, 3.8) is 0 Å². The maximum Gasteiger partial charge on any atom is 0.416 e. The highest BCUT2D eigenvalue weighted by molar-refractivity contribution is 5.99. The van der Waals surface area contributed by atoms with Crippen molar-refractivity contribution in [3.8, 4) is 0 Å². The minimum atomic E-state index is -4.46. The topological polar surface area (TPSA) is 32.3 Å². The number of nitrogens with zero attached hydrogens (tertiary/aromatic N) is 1. The molecule has 0 bridgehead atoms. The van der Waals surface area contributed by atoms with Crippen molar-refractivity contribution < 1.29 is 18.0 Å². The zero-order valence-corrected chi connectivity index (χ0v) is 12.7. The monoisotopic (exact) mass is 302 g/mol.